The van der Waals surface area contributed by atoms with Gasteiger partial charge in [0.05, 0.1) is 12.6 Å². The van der Waals surface area contributed by atoms with Crippen molar-refractivity contribution in [2.24, 2.45) is 5.73 Å². The SMILES string of the molecule is CCCCCCC(O)C(O)C(=O)CN. The van der Waals surface area contributed by atoms with E-state index in [1.807, 2.05) is 0 Å². The molecule has 0 aromatic heterocycles. The van der Waals surface area contributed by atoms with Crippen LogP contribution in [0.5, 0.6) is 0 Å². The number of Topliss-reactive ketones (excluding diaryl/α,β-unsaturated/α-hetero) is 1. The lowest BCUT2D eigenvalue weighted by Gasteiger charge is -2.15. The molecule has 2 unspecified atom stereocenters. The van der Waals surface area contributed by atoms with Crippen LogP contribution in [0.1, 0.15) is 39.0 Å². The maximum Gasteiger partial charge on any atom is 0.177 e. The van der Waals surface area contributed by atoms with Crippen LogP contribution in [-0.4, -0.2) is 34.7 Å². The highest BCUT2D eigenvalue weighted by molar-refractivity contribution is 5.85. The summed E-state index contributed by atoms with van der Waals surface area (Å²) in [6, 6.07) is 0. The Morgan fingerprint density at radius 2 is 1.93 bits per heavy atom. The average Bonchev–Trinajstić information content (AvgIpc) is 2.21. The van der Waals surface area contributed by atoms with E-state index in [4.69, 9.17) is 5.73 Å². The van der Waals surface area contributed by atoms with Gasteiger partial charge in [0.15, 0.2) is 5.78 Å². The molecule has 14 heavy (non-hydrogen) atoms. The van der Waals surface area contributed by atoms with E-state index >= 15 is 0 Å². The van der Waals surface area contributed by atoms with E-state index in [0.29, 0.717) is 6.42 Å². The highest BCUT2D eigenvalue weighted by Gasteiger charge is 2.21. The van der Waals surface area contributed by atoms with Gasteiger partial charge in [0.25, 0.3) is 0 Å². The van der Waals surface area contributed by atoms with Crippen LogP contribution in [0.4, 0.5) is 0 Å². The summed E-state index contributed by atoms with van der Waals surface area (Å²) < 4.78 is 0. The number of nitrogens with two attached hydrogens (primary N) is 1. The van der Waals surface area contributed by atoms with Gasteiger partial charge in [-0.2, -0.15) is 0 Å². The zero-order valence-electron chi connectivity index (χ0n) is 8.78. The number of aliphatic hydroxyl groups excluding tert-OH is 2. The van der Waals surface area contributed by atoms with Crippen LogP contribution >= 0.6 is 0 Å². The molecule has 0 aliphatic rings. The molecule has 4 nitrogen and oxygen atoms in total. The summed E-state index contributed by atoms with van der Waals surface area (Å²) in [5.74, 6) is -0.493. The minimum Gasteiger partial charge on any atom is -0.390 e. The van der Waals surface area contributed by atoms with Gasteiger partial charge in [0, 0.05) is 0 Å². The van der Waals surface area contributed by atoms with Gasteiger partial charge in [-0.25, -0.2) is 0 Å². The number of carbonyl (C=O) groups excluding carboxylic acids is 1. The molecule has 4 heteroatoms. The Kier molecular flexibility index (Phi) is 7.65. The Labute approximate surface area is 85.1 Å². The van der Waals surface area contributed by atoms with Crippen LogP contribution in [0, 0.1) is 0 Å². The first-order chi connectivity index (χ1) is 6.63. The number of rotatable bonds is 8. The van der Waals surface area contributed by atoms with Crippen molar-refractivity contribution in [1.82, 2.24) is 0 Å². The quantitative estimate of drug-likeness (QED) is 0.492. The van der Waals surface area contributed by atoms with E-state index in [1.54, 1.807) is 0 Å². The first-order valence-corrected chi connectivity index (χ1v) is 5.22. The van der Waals surface area contributed by atoms with Gasteiger partial charge in [0.2, 0.25) is 0 Å². The van der Waals surface area contributed by atoms with Crippen molar-refractivity contribution in [3.05, 3.63) is 0 Å². The summed E-state index contributed by atoms with van der Waals surface area (Å²) in [7, 11) is 0. The van der Waals surface area contributed by atoms with E-state index < -0.39 is 18.0 Å². The highest BCUT2D eigenvalue weighted by atomic mass is 16.3. The first kappa shape index (κ1) is 13.5. The molecule has 0 radical (unpaired) electrons. The Bertz CT molecular complexity index is 161. The molecule has 0 bridgehead atoms. The largest absolute Gasteiger partial charge is 0.390 e. The molecular weight excluding hydrogens is 182 g/mol. The van der Waals surface area contributed by atoms with Crippen molar-refractivity contribution < 1.29 is 15.0 Å². The summed E-state index contributed by atoms with van der Waals surface area (Å²) in [5, 5.41) is 18.7. The normalized spacial score (nSPS) is 15.1. The van der Waals surface area contributed by atoms with Gasteiger partial charge in [-0.15, -0.1) is 0 Å². The second kappa shape index (κ2) is 7.91. The first-order valence-electron chi connectivity index (χ1n) is 5.22. The third kappa shape index (κ3) is 5.32. The molecule has 0 aliphatic heterocycles. The zero-order valence-corrected chi connectivity index (χ0v) is 8.78. The van der Waals surface area contributed by atoms with Gasteiger partial charge in [0.1, 0.15) is 6.10 Å². The Morgan fingerprint density at radius 1 is 1.29 bits per heavy atom. The van der Waals surface area contributed by atoms with Crippen molar-refractivity contribution in [2.45, 2.75) is 51.2 Å². The van der Waals surface area contributed by atoms with Gasteiger partial charge < -0.3 is 15.9 Å². The molecule has 0 spiro atoms. The molecule has 84 valence electrons. The molecule has 0 fully saturated rings. The molecule has 0 aromatic rings. The molecule has 4 N–H and O–H groups in total. The minimum atomic E-state index is -1.30. The zero-order chi connectivity index (χ0) is 11.0. The van der Waals surface area contributed by atoms with Crippen LogP contribution in [0.25, 0.3) is 0 Å². The summed E-state index contributed by atoms with van der Waals surface area (Å²) in [4.78, 5) is 10.9. The Morgan fingerprint density at radius 3 is 2.43 bits per heavy atom. The van der Waals surface area contributed by atoms with Crippen molar-refractivity contribution >= 4 is 5.78 Å². The summed E-state index contributed by atoms with van der Waals surface area (Å²) in [6.07, 6.45) is 2.31. The van der Waals surface area contributed by atoms with Crippen LogP contribution < -0.4 is 5.73 Å². The third-order valence-corrected chi connectivity index (χ3v) is 2.25. The van der Waals surface area contributed by atoms with Gasteiger partial charge in [-0.1, -0.05) is 32.6 Å². The second-order valence-electron chi connectivity index (χ2n) is 3.53. The second-order valence-corrected chi connectivity index (χ2v) is 3.53. The van der Waals surface area contributed by atoms with Crippen LogP contribution in [0.3, 0.4) is 0 Å². The average molecular weight is 203 g/mol. The molecule has 0 heterocycles. The van der Waals surface area contributed by atoms with Crippen LogP contribution in [-0.2, 0) is 4.79 Å². The van der Waals surface area contributed by atoms with E-state index in [2.05, 4.69) is 6.92 Å². The minimum absolute atomic E-state index is 0.215. The van der Waals surface area contributed by atoms with Crippen molar-refractivity contribution in [2.75, 3.05) is 6.54 Å². The number of ketones is 1. The number of carbonyl (C=O) groups is 1. The molecule has 0 amide bonds. The Hall–Kier alpha value is -0.450. The molecule has 0 saturated carbocycles. The smallest absolute Gasteiger partial charge is 0.177 e. The lowest BCUT2D eigenvalue weighted by atomic mass is 10.0. The lowest BCUT2D eigenvalue weighted by Crippen LogP contribution is -2.37. The van der Waals surface area contributed by atoms with E-state index in [9.17, 15) is 15.0 Å². The maximum absolute atomic E-state index is 10.9. The van der Waals surface area contributed by atoms with Gasteiger partial charge in [-0.3, -0.25) is 4.79 Å². The summed E-state index contributed by atoms with van der Waals surface area (Å²) >= 11 is 0. The van der Waals surface area contributed by atoms with Gasteiger partial charge in [-0.05, 0) is 6.42 Å². The molecule has 0 aromatic carbocycles. The van der Waals surface area contributed by atoms with Crippen LogP contribution in [0.2, 0.25) is 0 Å². The number of aliphatic hydroxyl groups is 2. The maximum atomic E-state index is 10.9. The van der Waals surface area contributed by atoms with E-state index in [0.717, 1.165) is 25.7 Å². The molecule has 0 saturated heterocycles. The van der Waals surface area contributed by atoms with E-state index in [1.165, 1.54) is 0 Å². The number of unbranched alkanes of at least 4 members (excludes halogenated alkanes) is 3. The fourth-order valence-electron chi connectivity index (χ4n) is 1.27. The van der Waals surface area contributed by atoms with E-state index in [-0.39, 0.29) is 6.54 Å². The lowest BCUT2D eigenvalue weighted by molar-refractivity contribution is -0.131. The summed E-state index contributed by atoms with van der Waals surface area (Å²) in [5.41, 5.74) is 5.07. The van der Waals surface area contributed by atoms with Crippen molar-refractivity contribution in [1.29, 1.82) is 0 Å². The van der Waals surface area contributed by atoms with Crippen molar-refractivity contribution in [3.63, 3.8) is 0 Å². The molecule has 0 rings (SSSR count). The fraction of sp³-hybridized carbons (Fsp3) is 0.900. The Balaban J connectivity index is 3.61. The molecule has 0 aliphatic carbocycles. The van der Waals surface area contributed by atoms with Gasteiger partial charge >= 0.3 is 0 Å². The monoisotopic (exact) mass is 203 g/mol. The fourth-order valence-corrected chi connectivity index (χ4v) is 1.27. The highest BCUT2D eigenvalue weighted by Crippen LogP contribution is 2.08. The standard InChI is InChI=1S/C10H21NO3/c1-2-3-4-5-6-8(12)10(14)9(13)7-11/h8,10,12,14H,2-7,11H2,1H3. The molecular formula is C10H21NO3. The molecule has 2 atom stereocenters. The third-order valence-electron chi connectivity index (χ3n) is 2.25. The predicted octanol–water partition coefficient (Wildman–Crippen LogP) is 0.206. The van der Waals surface area contributed by atoms with Crippen molar-refractivity contribution in [3.8, 4) is 0 Å². The number of hydrogen-bond acceptors (Lipinski definition) is 4. The predicted molar refractivity (Wildman–Crippen MR) is 54.8 cm³/mol. The topological polar surface area (TPSA) is 83.5 Å². The number of hydrogen-bond donors (Lipinski definition) is 3. The van der Waals surface area contributed by atoms with Crippen LogP contribution in [0.15, 0.2) is 0 Å². The summed E-state index contributed by atoms with van der Waals surface area (Å²) in [6.45, 7) is 1.89.